The van der Waals surface area contributed by atoms with Crippen LogP contribution in [0.5, 0.6) is 0 Å². The van der Waals surface area contributed by atoms with Crippen LogP contribution in [-0.2, 0) is 16.0 Å². The molecule has 0 spiro atoms. The van der Waals surface area contributed by atoms with Crippen molar-refractivity contribution in [1.82, 2.24) is 10.9 Å². The summed E-state index contributed by atoms with van der Waals surface area (Å²) in [6, 6.07) is 11.3. The molecule has 0 aliphatic carbocycles. The molecule has 0 saturated heterocycles. The lowest BCUT2D eigenvalue weighted by Crippen LogP contribution is -2.42. The molecule has 130 valence electrons. The van der Waals surface area contributed by atoms with Gasteiger partial charge in [-0.2, -0.15) is 0 Å². The maximum Gasteiger partial charge on any atom is 0.271 e. The van der Waals surface area contributed by atoms with Crippen molar-refractivity contribution < 1.29 is 14.4 Å². The van der Waals surface area contributed by atoms with Gasteiger partial charge in [-0.25, -0.2) is 0 Å². The molecule has 25 heavy (non-hydrogen) atoms. The van der Waals surface area contributed by atoms with Crippen LogP contribution in [0, 0.1) is 0 Å². The maximum atomic E-state index is 12.0. The highest BCUT2D eigenvalue weighted by Crippen LogP contribution is 2.20. The van der Waals surface area contributed by atoms with Gasteiger partial charge in [-0.1, -0.05) is 35.3 Å². The Kier molecular flexibility index (Phi) is 6.38. The van der Waals surface area contributed by atoms with Gasteiger partial charge < -0.3 is 5.32 Å². The van der Waals surface area contributed by atoms with E-state index in [0.29, 0.717) is 10.7 Å². The molecule has 0 saturated carbocycles. The fraction of sp³-hybridized carbons (Fsp3) is 0.118. The Morgan fingerprint density at radius 1 is 0.960 bits per heavy atom. The van der Waals surface area contributed by atoms with Gasteiger partial charge in [0.25, 0.3) is 5.91 Å². The first-order valence-electron chi connectivity index (χ1n) is 7.26. The third-order valence-electron chi connectivity index (χ3n) is 3.13. The topological polar surface area (TPSA) is 87.3 Å². The number of anilines is 1. The van der Waals surface area contributed by atoms with Crippen molar-refractivity contribution in [3.63, 3.8) is 0 Å². The second kappa shape index (κ2) is 8.50. The van der Waals surface area contributed by atoms with Crippen LogP contribution in [0.1, 0.15) is 22.8 Å². The highest BCUT2D eigenvalue weighted by molar-refractivity contribution is 6.35. The van der Waals surface area contributed by atoms with Gasteiger partial charge in [-0.05, 0) is 35.9 Å². The zero-order valence-corrected chi connectivity index (χ0v) is 14.7. The van der Waals surface area contributed by atoms with E-state index < -0.39 is 11.8 Å². The van der Waals surface area contributed by atoms with Crippen LogP contribution in [0.25, 0.3) is 0 Å². The van der Waals surface area contributed by atoms with Crippen molar-refractivity contribution >= 4 is 46.6 Å². The molecule has 0 aromatic heterocycles. The van der Waals surface area contributed by atoms with Crippen LogP contribution in [0.15, 0.2) is 42.5 Å². The Balaban J connectivity index is 1.89. The number of benzene rings is 2. The number of nitrogens with one attached hydrogen (secondary N) is 3. The number of hydrazine groups is 1. The first-order chi connectivity index (χ1) is 11.8. The number of hydrogen-bond acceptors (Lipinski definition) is 3. The van der Waals surface area contributed by atoms with E-state index in [0.717, 1.165) is 5.56 Å². The number of carbonyl (C=O) groups excluding carboxylic acids is 3. The van der Waals surface area contributed by atoms with Crippen molar-refractivity contribution in [2.75, 3.05) is 5.32 Å². The van der Waals surface area contributed by atoms with Crippen molar-refractivity contribution in [3.05, 3.63) is 63.6 Å². The molecule has 3 amide bonds. The molecular formula is C17H15Cl2N3O3. The van der Waals surface area contributed by atoms with E-state index in [2.05, 4.69) is 16.2 Å². The Morgan fingerprint density at radius 2 is 1.64 bits per heavy atom. The average molecular weight is 380 g/mol. The Bertz CT molecular complexity index is 807. The predicted molar refractivity (Wildman–Crippen MR) is 96.5 cm³/mol. The van der Waals surface area contributed by atoms with Crippen LogP contribution in [0.2, 0.25) is 10.0 Å². The molecule has 0 unspecified atom stereocenters. The summed E-state index contributed by atoms with van der Waals surface area (Å²) < 4.78 is 0. The third kappa shape index (κ3) is 5.77. The molecule has 0 heterocycles. The minimum absolute atomic E-state index is 0.0594. The second-order valence-corrected chi connectivity index (χ2v) is 6.02. The standard InChI is InChI=1S/C17H15Cl2N3O3/c1-10(23)20-13-5-2-11(3-6-13)8-16(24)21-22-17(25)14-9-12(18)4-7-15(14)19/h2-7,9H,8H2,1H3,(H,20,23)(H,21,24)(H,22,25). The zero-order valence-electron chi connectivity index (χ0n) is 13.2. The lowest BCUT2D eigenvalue weighted by molar-refractivity contribution is -0.121. The quantitative estimate of drug-likeness (QED) is 0.713. The first kappa shape index (κ1) is 18.8. The summed E-state index contributed by atoms with van der Waals surface area (Å²) in [5.74, 6) is -1.14. The summed E-state index contributed by atoms with van der Waals surface area (Å²) in [5, 5.41) is 3.22. The van der Waals surface area contributed by atoms with Gasteiger partial charge in [0.15, 0.2) is 0 Å². The fourth-order valence-electron chi connectivity index (χ4n) is 2.00. The largest absolute Gasteiger partial charge is 0.326 e. The zero-order chi connectivity index (χ0) is 18.4. The lowest BCUT2D eigenvalue weighted by atomic mass is 10.1. The van der Waals surface area contributed by atoms with Crippen LogP contribution in [0.4, 0.5) is 5.69 Å². The summed E-state index contributed by atoms with van der Waals surface area (Å²) in [6.45, 7) is 1.41. The van der Waals surface area contributed by atoms with E-state index >= 15 is 0 Å². The summed E-state index contributed by atoms with van der Waals surface area (Å²) in [6.07, 6.45) is 0.0594. The summed E-state index contributed by atoms with van der Waals surface area (Å²) in [4.78, 5) is 34.9. The number of halogens is 2. The summed E-state index contributed by atoms with van der Waals surface area (Å²) in [7, 11) is 0. The molecule has 0 atom stereocenters. The van der Waals surface area contributed by atoms with E-state index in [1.54, 1.807) is 30.3 Å². The van der Waals surface area contributed by atoms with E-state index in [9.17, 15) is 14.4 Å². The van der Waals surface area contributed by atoms with Gasteiger partial charge in [-0.15, -0.1) is 0 Å². The monoisotopic (exact) mass is 379 g/mol. The molecule has 8 heteroatoms. The minimum atomic E-state index is -0.568. The SMILES string of the molecule is CC(=O)Nc1ccc(CC(=O)NNC(=O)c2cc(Cl)ccc2Cl)cc1. The number of hydrogen-bond donors (Lipinski definition) is 3. The molecule has 2 rings (SSSR count). The number of carbonyl (C=O) groups is 3. The molecule has 3 N–H and O–H groups in total. The molecule has 0 aliphatic heterocycles. The van der Waals surface area contributed by atoms with Gasteiger partial charge in [0.2, 0.25) is 11.8 Å². The van der Waals surface area contributed by atoms with Crippen LogP contribution >= 0.6 is 23.2 Å². The Labute approximate surface area is 154 Å². The van der Waals surface area contributed by atoms with Crippen LogP contribution < -0.4 is 16.2 Å². The maximum absolute atomic E-state index is 12.0. The molecule has 0 aliphatic rings. The van der Waals surface area contributed by atoms with Crippen LogP contribution in [0.3, 0.4) is 0 Å². The second-order valence-electron chi connectivity index (χ2n) is 5.18. The van der Waals surface area contributed by atoms with Gasteiger partial charge in [0.05, 0.1) is 17.0 Å². The average Bonchev–Trinajstić information content (AvgIpc) is 2.56. The Hall–Kier alpha value is -2.57. The molecule has 6 nitrogen and oxygen atoms in total. The first-order valence-corrected chi connectivity index (χ1v) is 8.01. The van der Waals surface area contributed by atoms with Crippen LogP contribution in [-0.4, -0.2) is 17.7 Å². The molecule has 0 bridgehead atoms. The number of rotatable bonds is 4. The normalized spacial score (nSPS) is 10.0. The number of amides is 3. The van der Waals surface area contributed by atoms with Gasteiger partial charge in [0, 0.05) is 17.6 Å². The van der Waals surface area contributed by atoms with E-state index in [4.69, 9.17) is 23.2 Å². The molecular weight excluding hydrogens is 365 g/mol. The highest BCUT2D eigenvalue weighted by Gasteiger charge is 2.12. The molecule has 0 fully saturated rings. The highest BCUT2D eigenvalue weighted by atomic mass is 35.5. The van der Waals surface area contributed by atoms with Crippen molar-refractivity contribution in [3.8, 4) is 0 Å². The van der Waals surface area contributed by atoms with Gasteiger partial charge in [0.1, 0.15) is 0 Å². The van der Waals surface area contributed by atoms with Gasteiger partial charge in [-0.3, -0.25) is 25.2 Å². The predicted octanol–water partition coefficient (Wildman–Crippen LogP) is 2.96. The molecule has 2 aromatic carbocycles. The third-order valence-corrected chi connectivity index (χ3v) is 3.69. The minimum Gasteiger partial charge on any atom is -0.326 e. The van der Waals surface area contributed by atoms with Gasteiger partial charge >= 0.3 is 0 Å². The fourth-order valence-corrected chi connectivity index (χ4v) is 2.38. The summed E-state index contributed by atoms with van der Waals surface area (Å²) in [5.41, 5.74) is 6.12. The van der Waals surface area contributed by atoms with E-state index in [1.807, 2.05) is 0 Å². The smallest absolute Gasteiger partial charge is 0.271 e. The lowest BCUT2D eigenvalue weighted by Gasteiger charge is -2.09. The van der Waals surface area contributed by atoms with Crippen molar-refractivity contribution in [2.24, 2.45) is 0 Å². The molecule has 2 aromatic rings. The summed E-state index contributed by atoms with van der Waals surface area (Å²) >= 11 is 11.7. The van der Waals surface area contributed by atoms with Crippen molar-refractivity contribution in [1.29, 1.82) is 0 Å². The molecule has 0 radical (unpaired) electrons. The van der Waals surface area contributed by atoms with E-state index in [1.165, 1.54) is 19.1 Å². The Morgan fingerprint density at radius 3 is 2.28 bits per heavy atom. The van der Waals surface area contributed by atoms with Crippen molar-refractivity contribution in [2.45, 2.75) is 13.3 Å². The van der Waals surface area contributed by atoms with E-state index in [-0.39, 0.29) is 22.9 Å².